The van der Waals surface area contributed by atoms with Crippen molar-refractivity contribution in [2.75, 3.05) is 23.3 Å². The Kier molecular flexibility index (Phi) is 4.16. The van der Waals surface area contributed by atoms with Crippen molar-refractivity contribution in [3.05, 3.63) is 34.9 Å². The summed E-state index contributed by atoms with van der Waals surface area (Å²) in [5.41, 5.74) is 3.99. The van der Waals surface area contributed by atoms with Crippen LogP contribution in [-0.2, 0) is 0 Å². The van der Waals surface area contributed by atoms with Gasteiger partial charge >= 0.3 is 0 Å². The lowest BCUT2D eigenvalue weighted by Crippen LogP contribution is -2.30. The minimum absolute atomic E-state index is 0.212. The standard InChI is InChI=1S/C15H20N4S/c1-12(14-10-20-11-17-14)18-13-5-6-15(16-9-13)19-7-3-2-4-8-19/h5-6,9-12,18H,2-4,7-8H2,1H3. The van der Waals surface area contributed by atoms with Gasteiger partial charge in [-0.1, -0.05) is 0 Å². The van der Waals surface area contributed by atoms with Crippen LogP contribution in [-0.4, -0.2) is 23.1 Å². The highest BCUT2D eigenvalue weighted by Gasteiger charge is 2.12. The summed E-state index contributed by atoms with van der Waals surface area (Å²) in [5.74, 6) is 1.09. The van der Waals surface area contributed by atoms with Crippen LogP contribution in [0.3, 0.4) is 0 Å². The largest absolute Gasteiger partial charge is 0.376 e. The summed E-state index contributed by atoms with van der Waals surface area (Å²) in [6, 6.07) is 4.44. The predicted molar refractivity (Wildman–Crippen MR) is 84.5 cm³/mol. The van der Waals surface area contributed by atoms with Gasteiger partial charge in [0.25, 0.3) is 0 Å². The third-order valence-corrected chi connectivity index (χ3v) is 4.31. The van der Waals surface area contributed by atoms with Crippen LogP contribution in [0.5, 0.6) is 0 Å². The Morgan fingerprint density at radius 2 is 2.05 bits per heavy atom. The zero-order chi connectivity index (χ0) is 13.8. The average Bonchev–Trinajstić information content (AvgIpc) is 3.03. The third kappa shape index (κ3) is 3.10. The summed E-state index contributed by atoms with van der Waals surface area (Å²) in [5, 5.41) is 5.51. The van der Waals surface area contributed by atoms with Gasteiger partial charge in [0, 0.05) is 18.5 Å². The summed E-state index contributed by atoms with van der Waals surface area (Å²) < 4.78 is 0. The number of aromatic nitrogens is 2. The minimum Gasteiger partial charge on any atom is -0.376 e. The Hall–Kier alpha value is -1.62. The van der Waals surface area contributed by atoms with Crippen molar-refractivity contribution in [2.45, 2.75) is 32.2 Å². The fraction of sp³-hybridized carbons (Fsp3) is 0.467. The summed E-state index contributed by atoms with van der Waals surface area (Å²) in [4.78, 5) is 11.3. The summed E-state index contributed by atoms with van der Waals surface area (Å²) in [6.45, 7) is 4.39. The number of piperidine rings is 1. The molecular weight excluding hydrogens is 268 g/mol. The van der Waals surface area contributed by atoms with Crippen LogP contribution >= 0.6 is 11.3 Å². The Morgan fingerprint density at radius 3 is 2.70 bits per heavy atom. The van der Waals surface area contributed by atoms with E-state index in [1.807, 2.05) is 11.7 Å². The molecule has 3 heterocycles. The molecule has 3 rings (SSSR count). The second-order valence-electron chi connectivity index (χ2n) is 5.23. The lowest BCUT2D eigenvalue weighted by atomic mass is 10.1. The number of hydrogen-bond donors (Lipinski definition) is 1. The molecule has 0 aromatic carbocycles. The number of rotatable bonds is 4. The molecule has 2 aromatic rings. The predicted octanol–water partition coefficient (Wildman–Crippen LogP) is 3.70. The molecule has 0 radical (unpaired) electrons. The van der Waals surface area contributed by atoms with E-state index in [4.69, 9.17) is 0 Å². The Labute approximate surface area is 123 Å². The normalized spacial score (nSPS) is 16.9. The van der Waals surface area contributed by atoms with E-state index in [2.05, 4.69) is 44.6 Å². The molecule has 20 heavy (non-hydrogen) atoms. The van der Waals surface area contributed by atoms with Gasteiger partial charge in [0.15, 0.2) is 0 Å². The van der Waals surface area contributed by atoms with Gasteiger partial charge in [0.05, 0.1) is 29.1 Å². The van der Waals surface area contributed by atoms with Crippen molar-refractivity contribution in [1.29, 1.82) is 0 Å². The summed E-state index contributed by atoms with van der Waals surface area (Å²) >= 11 is 1.63. The van der Waals surface area contributed by atoms with E-state index in [-0.39, 0.29) is 6.04 Å². The fourth-order valence-electron chi connectivity index (χ4n) is 2.54. The monoisotopic (exact) mass is 288 g/mol. The first-order valence-corrected chi connectivity index (χ1v) is 8.13. The van der Waals surface area contributed by atoms with Crippen molar-refractivity contribution in [3.63, 3.8) is 0 Å². The Bertz CT molecular complexity index is 517. The summed E-state index contributed by atoms with van der Waals surface area (Å²) in [7, 11) is 0. The number of hydrogen-bond acceptors (Lipinski definition) is 5. The first kappa shape index (κ1) is 13.4. The molecule has 1 aliphatic rings. The van der Waals surface area contributed by atoms with Gasteiger partial charge in [-0.2, -0.15) is 0 Å². The molecule has 0 spiro atoms. The average molecular weight is 288 g/mol. The Balaban J connectivity index is 1.63. The maximum Gasteiger partial charge on any atom is 0.128 e. The van der Waals surface area contributed by atoms with Gasteiger partial charge in [-0.05, 0) is 38.3 Å². The van der Waals surface area contributed by atoms with Crippen molar-refractivity contribution >= 4 is 22.8 Å². The molecule has 2 aromatic heterocycles. The quantitative estimate of drug-likeness (QED) is 0.931. The van der Waals surface area contributed by atoms with Gasteiger partial charge in [-0.15, -0.1) is 11.3 Å². The second-order valence-corrected chi connectivity index (χ2v) is 5.95. The number of nitrogens with one attached hydrogen (secondary N) is 1. The molecular formula is C15H20N4S. The van der Waals surface area contributed by atoms with Crippen molar-refractivity contribution in [2.24, 2.45) is 0 Å². The molecule has 0 aliphatic carbocycles. The number of pyridine rings is 1. The maximum absolute atomic E-state index is 4.58. The molecule has 1 N–H and O–H groups in total. The highest BCUT2D eigenvalue weighted by molar-refractivity contribution is 7.07. The molecule has 0 bridgehead atoms. The molecule has 5 heteroatoms. The van der Waals surface area contributed by atoms with E-state index in [1.165, 1.54) is 19.3 Å². The number of anilines is 2. The molecule has 1 saturated heterocycles. The topological polar surface area (TPSA) is 41.0 Å². The lowest BCUT2D eigenvalue weighted by molar-refractivity contribution is 0.573. The minimum atomic E-state index is 0.212. The first-order chi connectivity index (χ1) is 9.83. The van der Waals surface area contributed by atoms with E-state index >= 15 is 0 Å². The van der Waals surface area contributed by atoms with E-state index < -0.39 is 0 Å². The van der Waals surface area contributed by atoms with Crippen LogP contribution in [0.4, 0.5) is 11.5 Å². The SMILES string of the molecule is CC(Nc1ccc(N2CCCCC2)nc1)c1cscn1. The molecule has 1 aliphatic heterocycles. The molecule has 0 saturated carbocycles. The summed E-state index contributed by atoms with van der Waals surface area (Å²) in [6.07, 6.45) is 5.83. The lowest BCUT2D eigenvalue weighted by Gasteiger charge is -2.27. The van der Waals surface area contributed by atoms with Crippen LogP contribution in [0.2, 0.25) is 0 Å². The molecule has 1 fully saturated rings. The van der Waals surface area contributed by atoms with Crippen LogP contribution in [0.25, 0.3) is 0 Å². The van der Waals surface area contributed by atoms with E-state index in [1.54, 1.807) is 11.3 Å². The van der Waals surface area contributed by atoms with Crippen LogP contribution in [0.15, 0.2) is 29.2 Å². The van der Waals surface area contributed by atoms with Crippen molar-refractivity contribution < 1.29 is 0 Å². The van der Waals surface area contributed by atoms with Gasteiger partial charge < -0.3 is 10.2 Å². The smallest absolute Gasteiger partial charge is 0.128 e. The zero-order valence-electron chi connectivity index (χ0n) is 11.7. The van der Waals surface area contributed by atoms with E-state index in [0.717, 1.165) is 30.3 Å². The third-order valence-electron chi connectivity index (χ3n) is 3.71. The van der Waals surface area contributed by atoms with Crippen LogP contribution < -0.4 is 10.2 Å². The molecule has 1 unspecified atom stereocenters. The van der Waals surface area contributed by atoms with Gasteiger partial charge in [-0.3, -0.25) is 0 Å². The Morgan fingerprint density at radius 1 is 1.20 bits per heavy atom. The van der Waals surface area contributed by atoms with Crippen LogP contribution in [0, 0.1) is 0 Å². The number of nitrogens with zero attached hydrogens (tertiary/aromatic N) is 3. The molecule has 1 atom stereocenters. The molecule has 0 amide bonds. The van der Waals surface area contributed by atoms with Gasteiger partial charge in [0.2, 0.25) is 0 Å². The fourth-order valence-corrected chi connectivity index (χ4v) is 3.19. The zero-order valence-corrected chi connectivity index (χ0v) is 12.6. The number of thiazole rings is 1. The molecule has 106 valence electrons. The highest BCUT2D eigenvalue weighted by atomic mass is 32.1. The van der Waals surface area contributed by atoms with Crippen molar-refractivity contribution in [3.8, 4) is 0 Å². The van der Waals surface area contributed by atoms with Crippen LogP contribution in [0.1, 0.15) is 37.9 Å². The second kappa shape index (κ2) is 6.22. The molecule has 4 nitrogen and oxygen atoms in total. The van der Waals surface area contributed by atoms with E-state index in [9.17, 15) is 0 Å². The van der Waals surface area contributed by atoms with E-state index in [0.29, 0.717) is 0 Å². The van der Waals surface area contributed by atoms with Gasteiger partial charge in [-0.25, -0.2) is 9.97 Å². The first-order valence-electron chi connectivity index (χ1n) is 7.18. The maximum atomic E-state index is 4.58. The highest BCUT2D eigenvalue weighted by Crippen LogP contribution is 2.22. The van der Waals surface area contributed by atoms with Gasteiger partial charge in [0.1, 0.15) is 5.82 Å². The van der Waals surface area contributed by atoms with Crippen molar-refractivity contribution in [1.82, 2.24) is 9.97 Å².